The van der Waals surface area contributed by atoms with Crippen molar-refractivity contribution in [1.29, 1.82) is 0 Å². The molecular formula is C16H23NO7S. The third-order valence-electron chi connectivity index (χ3n) is 3.08. The van der Waals surface area contributed by atoms with Crippen LogP contribution in [0, 0.1) is 0 Å². The normalized spacial score (nSPS) is 13.4. The van der Waals surface area contributed by atoms with Crippen LogP contribution in [-0.4, -0.2) is 54.5 Å². The van der Waals surface area contributed by atoms with Crippen LogP contribution in [0.2, 0.25) is 0 Å². The van der Waals surface area contributed by atoms with Gasteiger partial charge in [0.2, 0.25) is 0 Å². The number of carbonyl (C=O) groups is 2. The molecule has 0 amide bonds. The highest BCUT2D eigenvalue weighted by atomic mass is 32.2. The van der Waals surface area contributed by atoms with Crippen molar-refractivity contribution in [3.05, 3.63) is 35.9 Å². The molecular weight excluding hydrogens is 350 g/mol. The highest BCUT2D eigenvalue weighted by Gasteiger charge is 2.42. The smallest absolute Gasteiger partial charge is 0.440 e. The van der Waals surface area contributed by atoms with E-state index in [-0.39, 0.29) is 6.54 Å². The topological polar surface area (TPSA) is 110 Å². The van der Waals surface area contributed by atoms with E-state index < -0.39 is 39.5 Å². The summed E-state index contributed by atoms with van der Waals surface area (Å²) in [5.74, 6) is -0.981. The highest BCUT2D eigenvalue weighted by molar-refractivity contribution is 8.03. The second-order valence-electron chi connectivity index (χ2n) is 6.22. The number of aliphatic hydroxyl groups excluding tert-OH is 1. The Labute approximate surface area is 147 Å². The summed E-state index contributed by atoms with van der Waals surface area (Å²) in [6.45, 7) is 3.41. The number of aliphatic hydroxyl groups is 1. The van der Waals surface area contributed by atoms with Gasteiger partial charge in [-0.05, 0) is 26.3 Å². The molecule has 0 fully saturated rings. The molecule has 1 aromatic carbocycles. The largest absolute Gasteiger partial charge is 0.468 e. The fourth-order valence-electron chi connectivity index (χ4n) is 1.94. The van der Waals surface area contributed by atoms with Crippen LogP contribution < -0.4 is 0 Å². The predicted octanol–water partition coefficient (Wildman–Crippen LogP) is 1.29. The highest BCUT2D eigenvalue weighted by Crippen LogP contribution is 2.19. The zero-order valence-electron chi connectivity index (χ0n) is 14.6. The molecule has 1 aromatic rings. The Balaban J connectivity index is 3.29. The number of hydrogen-bond donors (Lipinski definition) is 1. The van der Waals surface area contributed by atoms with Crippen molar-refractivity contribution in [3.63, 3.8) is 0 Å². The second kappa shape index (κ2) is 8.41. The first-order valence-electron chi connectivity index (χ1n) is 7.50. The fourth-order valence-corrected chi connectivity index (χ4v) is 3.30. The van der Waals surface area contributed by atoms with Crippen LogP contribution in [0.4, 0.5) is 4.79 Å². The van der Waals surface area contributed by atoms with Crippen LogP contribution in [0.1, 0.15) is 26.3 Å². The lowest BCUT2D eigenvalue weighted by atomic mass is 10.2. The summed E-state index contributed by atoms with van der Waals surface area (Å²) >= 11 is 0. The Morgan fingerprint density at radius 2 is 1.76 bits per heavy atom. The van der Waals surface area contributed by atoms with Gasteiger partial charge in [0.05, 0.1) is 13.7 Å². The van der Waals surface area contributed by atoms with Gasteiger partial charge in [0.15, 0.2) is 0 Å². The molecule has 0 unspecified atom stereocenters. The molecule has 0 heterocycles. The molecule has 0 aliphatic rings. The fraction of sp³-hybridized carbons (Fsp3) is 0.500. The SMILES string of the molecule is COC(=O)[C@H](CO)N(Cc1ccccc1)S(=O)(=O)C(=O)OC(C)(C)C. The van der Waals surface area contributed by atoms with E-state index in [1.165, 1.54) is 20.8 Å². The summed E-state index contributed by atoms with van der Waals surface area (Å²) in [5.41, 5.74) is -0.514. The molecule has 25 heavy (non-hydrogen) atoms. The number of benzene rings is 1. The Morgan fingerprint density at radius 1 is 1.20 bits per heavy atom. The lowest BCUT2D eigenvalue weighted by molar-refractivity contribution is -0.146. The molecule has 0 aliphatic carbocycles. The lowest BCUT2D eigenvalue weighted by Gasteiger charge is -2.28. The van der Waals surface area contributed by atoms with E-state index >= 15 is 0 Å². The van der Waals surface area contributed by atoms with Gasteiger partial charge < -0.3 is 14.6 Å². The number of rotatable bonds is 6. The summed E-state index contributed by atoms with van der Waals surface area (Å²) in [6.07, 6.45) is 0. The molecule has 0 bridgehead atoms. The van der Waals surface area contributed by atoms with E-state index in [9.17, 15) is 23.1 Å². The van der Waals surface area contributed by atoms with Crippen molar-refractivity contribution in [3.8, 4) is 0 Å². The van der Waals surface area contributed by atoms with Crippen LogP contribution in [0.15, 0.2) is 30.3 Å². The van der Waals surface area contributed by atoms with Gasteiger partial charge in [-0.3, -0.25) is 4.79 Å². The molecule has 1 atom stereocenters. The van der Waals surface area contributed by atoms with E-state index in [1.807, 2.05) is 0 Å². The maximum absolute atomic E-state index is 12.7. The number of sulfonamides is 1. The van der Waals surface area contributed by atoms with E-state index in [0.29, 0.717) is 9.87 Å². The molecule has 1 N–H and O–H groups in total. The number of ether oxygens (including phenoxy) is 2. The van der Waals surface area contributed by atoms with Gasteiger partial charge in [0, 0.05) is 6.54 Å². The minimum atomic E-state index is -4.69. The summed E-state index contributed by atoms with van der Waals surface area (Å²) < 4.78 is 35.4. The van der Waals surface area contributed by atoms with Gasteiger partial charge in [0.1, 0.15) is 11.6 Å². The summed E-state index contributed by atoms with van der Waals surface area (Å²) in [6, 6.07) is 6.79. The summed E-state index contributed by atoms with van der Waals surface area (Å²) in [4.78, 5) is 24.0. The molecule has 0 saturated heterocycles. The number of nitrogens with zero attached hydrogens (tertiary/aromatic N) is 1. The van der Waals surface area contributed by atoms with Crippen LogP contribution >= 0.6 is 0 Å². The molecule has 1 rings (SSSR count). The minimum Gasteiger partial charge on any atom is -0.468 e. The first-order valence-corrected chi connectivity index (χ1v) is 8.94. The van der Waals surface area contributed by atoms with Crippen molar-refractivity contribution in [2.45, 2.75) is 39.0 Å². The van der Waals surface area contributed by atoms with Crippen molar-refractivity contribution in [2.75, 3.05) is 13.7 Å². The Bertz CT molecular complexity index is 695. The minimum absolute atomic E-state index is 0.303. The average molecular weight is 373 g/mol. The number of hydrogen-bond acceptors (Lipinski definition) is 7. The summed E-state index contributed by atoms with van der Waals surface area (Å²) in [7, 11) is -3.63. The first kappa shape index (κ1) is 21.1. The monoisotopic (exact) mass is 373 g/mol. The van der Waals surface area contributed by atoms with E-state index in [2.05, 4.69) is 4.74 Å². The van der Waals surface area contributed by atoms with E-state index in [1.54, 1.807) is 30.3 Å². The van der Waals surface area contributed by atoms with Crippen molar-refractivity contribution >= 4 is 21.3 Å². The van der Waals surface area contributed by atoms with Crippen LogP contribution in [0.5, 0.6) is 0 Å². The quantitative estimate of drug-likeness (QED) is 0.748. The summed E-state index contributed by atoms with van der Waals surface area (Å²) in [5, 5.41) is 7.99. The maximum Gasteiger partial charge on any atom is 0.440 e. The van der Waals surface area contributed by atoms with Crippen LogP contribution in [0.25, 0.3) is 0 Å². The van der Waals surface area contributed by atoms with Gasteiger partial charge in [-0.2, -0.15) is 12.7 Å². The van der Waals surface area contributed by atoms with Crippen LogP contribution in [-0.2, 0) is 30.8 Å². The van der Waals surface area contributed by atoms with Gasteiger partial charge in [-0.15, -0.1) is 0 Å². The third kappa shape index (κ3) is 5.80. The predicted molar refractivity (Wildman–Crippen MR) is 90.0 cm³/mol. The second-order valence-corrected chi connectivity index (χ2v) is 7.97. The molecule has 140 valence electrons. The van der Waals surface area contributed by atoms with E-state index in [4.69, 9.17) is 4.74 Å². The van der Waals surface area contributed by atoms with Gasteiger partial charge in [-0.1, -0.05) is 30.3 Å². The maximum atomic E-state index is 12.7. The first-order chi connectivity index (χ1) is 11.5. The molecule has 0 saturated carbocycles. The molecule has 9 heteroatoms. The molecule has 8 nitrogen and oxygen atoms in total. The van der Waals surface area contributed by atoms with Crippen LogP contribution in [0.3, 0.4) is 0 Å². The molecule has 0 aliphatic heterocycles. The van der Waals surface area contributed by atoms with Crippen molar-refractivity contribution < 1.29 is 32.6 Å². The molecule has 0 aromatic heterocycles. The van der Waals surface area contributed by atoms with Gasteiger partial charge in [-0.25, -0.2) is 4.79 Å². The third-order valence-corrected chi connectivity index (χ3v) is 4.59. The van der Waals surface area contributed by atoms with Crippen molar-refractivity contribution in [2.24, 2.45) is 0 Å². The Kier molecular flexibility index (Phi) is 7.09. The van der Waals surface area contributed by atoms with Gasteiger partial charge in [0.25, 0.3) is 0 Å². The number of esters is 1. The number of methoxy groups -OCH3 is 1. The molecule has 0 radical (unpaired) electrons. The molecule has 0 spiro atoms. The number of carbonyl (C=O) groups excluding carboxylic acids is 2. The lowest BCUT2D eigenvalue weighted by Crippen LogP contribution is -2.50. The standard InChI is InChI=1S/C16H23NO7S/c1-16(2,3)24-15(20)25(21,22)17(13(11-18)14(19)23-4)10-12-8-6-5-7-9-12/h5-9,13,18H,10-11H2,1-4H3/t13-/m0/s1. The average Bonchev–Trinajstić information content (AvgIpc) is 2.53. The van der Waals surface area contributed by atoms with E-state index in [0.717, 1.165) is 7.11 Å². The zero-order valence-corrected chi connectivity index (χ0v) is 15.4. The van der Waals surface area contributed by atoms with Crippen molar-refractivity contribution in [1.82, 2.24) is 4.31 Å². The Hall–Kier alpha value is -1.97. The van der Waals surface area contributed by atoms with Gasteiger partial charge >= 0.3 is 21.3 Å². The Morgan fingerprint density at radius 3 is 2.20 bits per heavy atom. The zero-order chi connectivity index (χ0) is 19.3.